The van der Waals surface area contributed by atoms with Crippen molar-refractivity contribution in [2.45, 2.75) is 22.9 Å². The van der Waals surface area contributed by atoms with E-state index >= 15 is 0 Å². The predicted molar refractivity (Wildman–Crippen MR) is 130 cm³/mol. The van der Waals surface area contributed by atoms with E-state index < -0.39 is 38.3 Å². The molecule has 0 atom stereocenters. The summed E-state index contributed by atoms with van der Waals surface area (Å²) in [6, 6.07) is 19.3. The number of nitrogens with one attached hydrogen (secondary N) is 1. The fourth-order valence-electron chi connectivity index (χ4n) is 3.18. The molecule has 3 aromatic carbocycles. The van der Waals surface area contributed by atoms with Gasteiger partial charge in [-0.2, -0.15) is 4.31 Å². The van der Waals surface area contributed by atoms with Crippen LogP contribution in [0.15, 0.2) is 88.7 Å². The maximum absolute atomic E-state index is 13.3. The number of benzene rings is 3. The van der Waals surface area contributed by atoms with Gasteiger partial charge in [0, 0.05) is 27.2 Å². The van der Waals surface area contributed by atoms with Crippen molar-refractivity contribution in [2.24, 2.45) is 0 Å². The topological polar surface area (TPSA) is 104 Å². The highest BCUT2D eigenvalue weighted by molar-refractivity contribution is 7.89. The molecule has 0 saturated carbocycles. The average Bonchev–Trinajstić information content (AvgIpc) is 2.83. The smallest absolute Gasteiger partial charge is 0.243 e. The molecule has 0 spiro atoms. The largest absolute Gasteiger partial charge is 0.351 e. The van der Waals surface area contributed by atoms with Gasteiger partial charge in [-0.3, -0.25) is 4.79 Å². The van der Waals surface area contributed by atoms with Gasteiger partial charge in [-0.25, -0.2) is 25.5 Å². The van der Waals surface area contributed by atoms with E-state index in [1.165, 1.54) is 26.2 Å². The molecule has 8 nitrogen and oxygen atoms in total. The summed E-state index contributed by atoms with van der Waals surface area (Å²) in [5.41, 5.74) is 1.33. The zero-order chi connectivity index (χ0) is 25.6. The Morgan fingerprint density at radius 2 is 1.31 bits per heavy atom. The van der Waals surface area contributed by atoms with E-state index in [1.807, 2.05) is 0 Å². The Balaban J connectivity index is 1.73. The number of carbonyl (C=O) groups is 1. The van der Waals surface area contributed by atoms with Gasteiger partial charge in [0.25, 0.3) is 0 Å². The quantitative estimate of drug-likeness (QED) is 0.444. The van der Waals surface area contributed by atoms with E-state index in [9.17, 15) is 26.0 Å². The van der Waals surface area contributed by atoms with Crippen LogP contribution in [0, 0.1) is 5.82 Å². The number of hydrogen-bond donors (Lipinski definition) is 1. The zero-order valence-electron chi connectivity index (χ0n) is 19.3. The molecule has 11 heteroatoms. The summed E-state index contributed by atoms with van der Waals surface area (Å²) in [4.78, 5) is 12.7. The van der Waals surface area contributed by atoms with Gasteiger partial charge in [-0.05, 0) is 47.5 Å². The van der Waals surface area contributed by atoms with Crippen molar-refractivity contribution in [1.82, 2.24) is 13.9 Å². The second-order valence-electron chi connectivity index (χ2n) is 7.92. The van der Waals surface area contributed by atoms with Gasteiger partial charge in [0.2, 0.25) is 26.0 Å². The van der Waals surface area contributed by atoms with Crippen LogP contribution in [0.2, 0.25) is 0 Å². The summed E-state index contributed by atoms with van der Waals surface area (Å²) in [6.07, 6.45) is 0. The lowest BCUT2D eigenvalue weighted by Gasteiger charge is -2.22. The lowest BCUT2D eigenvalue weighted by Crippen LogP contribution is -2.40. The van der Waals surface area contributed by atoms with E-state index in [2.05, 4.69) is 5.32 Å². The third-order valence-electron chi connectivity index (χ3n) is 5.16. The van der Waals surface area contributed by atoms with Gasteiger partial charge >= 0.3 is 0 Å². The number of amides is 1. The summed E-state index contributed by atoms with van der Waals surface area (Å²) in [5.74, 6) is -1.11. The number of carbonyl (C=O) groups excluding carboxylic acids is 1. The van der Waals surface area contributed by atoms with Gasteiger partial charge in [0.1, 0.15) is 5.82 Å². The van der Waals surface area contributed by atoms with Crippen molar-refractivity contribution in [2.75, 3.05) is 20.6 Å². The van der Waals surface area contributed by atoms with Gasteiger partial charge < -0.3 is 5.32 Å². The molecule has 0 aliphatic carbocycles. The first kappa shape index (κ1) is 26.5. The Hall–Kier alpha value is -3.12. The van der Waals surface area contributed by atoms with E-state index in [4.69, 9.17) is 0 Å². The molecule has 3 aromatic rings. The minimum atomic E-state index is -4.09. The number of sulfonamides is 2. The summed E-state index contributed by atoms with van der Waals surface area (Å²) < 4.78 is 66.2. The predicted octanol–water partition coefficient (Wildman–Crippen LogP) is 2.58. The molecule has 1 N–H and O–H groups in total. The molecule has 0 aliphatic heterocycles. The maximum atomic E-state index is 13.3. The Labute approximate surface area is 205 Å². The number of hydrogen-bond acceptors (Lipinski definition) is 5. The third kappa shape index (κ3) is 6.73. The molecule has 0 unspecified atom stereocenters. The van der Waals surface area contributed by atoms with E-state index in [1.54, 1.807) is 42.5 Å². The molecule has 35 heavy (non-hydrogen) atoms. The number of nitrogens with zero attached hydrogens (tertiary/aromatic N) is 2. The van der Waals surface area contributed by atoms with Crippen LogP contribution in [0.4, 0.5) is 4.39 Å². The molecule has 0 aromatic heterocycles. The van der Waals surface area contributed by atoms with Crippen molar-refractivity contribution in [3.05, 3.63) is 95.8 Å². The molecule has 0 heterocycles. The molecule has 186 valence electrons. The molecule has 0 radical (unpaired) electrons. The van der Waals surface area contributed by atoms with Crippen LogP contribution < -0.4 is 5.32 Å². The first-order chi connectivity index (χ1) is 16.5. The molecular formula is C24H26FN3O5S2. The normalized spacial score (nSPS) is 12.1. The van der Waals surface area contributed by atoms with Crippen molar-refractivity contribution in [3.8, 4) is 0 Å². The zero-order valence-corrected chi connectivity index (χ0v) is 20.9. The van der Waals surface area contributed by atoms with Gasteiger partial charge in [-0.1, -0.05) is 42.5 Å². The summed E-state index contributed by atoms with van der Waals surface area (Å²) in [7, 11) is -4.79. The van der Waals surface area contributed by atoms with Gasteiger partial charge in [0.05, 0.1) is 16.3 Å². The first-order valence-corrected chi connectivity index (χ1v) is 13.5. The maximum Gasteiger partial charge on any atom is 0.243 e. The number of rotatable bonds is 10. The van der Waals surface area contributed by atoms with Crippen LogP contribution in [0.1, 0.15) is 11.1 Å². The van der Waals surface area contributed by atoms with E-state index in [0.29, 0.717) is 11.1 Å². The van der Waals surface area contributed by atoms with Gasteiger partial charge in [-0.15, -0.1) is 0 Å². The SMILES string of the molecule is CN(C)S(=O)(=O)c1ccc(CNC(=O)CN(Cc2ccccc2)S(=O)(=O)c2ccc(F)cc2)cc1. The Morgan fingerprint density at radius 1 is 0.771 bits per heavy atom. The molecule has 0 saturated heterocycles. The fraction of sp³-hybridized carbons (Fsp3) is 0.208. The minimum Gasteiger partial charge on any atom is -0.351 e. The highest BCUT2D eigenvalue weighted by Gasteiger charge is 2.27. The minimum absolute atomic E-state index is 0.0505. The summed E-state index contributed by atoms with van der Waals surface area (Å²) >= 11 is 0. The van der Waals surface area contributed by atoms with Crippen LogP contribution in [0.3, 0.4) is 0 Å². The van der Waals surface area contributed by atoms with Crippen LogP contribution in [-0.2, 0) is 37.9 Å². The van der Waals surface area contributed by atoms with Crippen LogP contribution in [0.25, 0.3) is 0 Å². The monoisotopic (exact) mass is 519 g/mol. The Kier molecular flexibility index (Phi) is 8.39. The molecule has 3 rings (SSSR count). The lowest BCUT2D eigenvalue weighted by molar-refractivity contribution is -0.121. The second-order valence-corrected chi connectivity index (χ2v) is 12.0. The lowest BCUT2D eigenvalue weighted by atomic mass is 10.2. The molecule has 0 bridgehead atoms. The van der Waals surface area contributed by atoms with Crippen LogP contribution in [0.5, 0.6) is 0 Å². The average molecular weight is 520 g/mol. The Morgan fingerprint density at radius 3 is 1.89 bits per heavy atom. The molecular weight excluding hydrogens is 493 g/mol. The van der Waals surface area contributed by atoms with Crippen molar-refractivity contribution >= 4 is 26.0 Å². The highest BCUT2D eigenvalue weighted by Crippen LogP contribution is 2.19. The third-order valence-corrected chi connectivity index (χ3v) is 8.80. The second kappa shape index (κ2) is 11.1. The highest BCUT2D eigenvalue weighted by atomic mass is 32.2. The molecule has 0 aliphatic rings. The van der Waals surface area contributed by atoms with Crippen molar-refractivity contribution in [3.63, 3.8) is 0 Å². The standard InChI is InChI=1S/C24H26FN3O5S2/c1-27(2)34(30,31)22-12-8-19(9-13-22)16-26-24(29)18-28(17-20-6-4-3-5-7-20)35(32,33)23-14-10-21(25)11-15-23/h3-15H,16-18H2,1-2H3,(H,26,29). The van der Waals surface area contributed by atoms with Crippen molar-refractivity contribution < 1.29 is 26.0 Å². The Bertz CT molecular complexity index is 1360. The number of halogens is 1. The van der Waals surface area contributed by atoms with Crippen LogP contribution in [-0.4, -0.2) is 52.0 Å². The van der Waals surface area contributed by atoms with E-state index in [0.717, 1.165) is 32.9 Å². The first-order valence-electron chi connectivity index (χ1n) is 10.6. The van der Waals surface area contributed by atoms with E-state index in [-0.39, 0.29) is 22.9 Å². The van der Waals surface area contributed by atoms with Gasteiger partial charge in [0.15, 0.2) is 0 Å². The van der Waals surface area contributed by atoms with Crippen LogP contribution >= 0.6 is 0 Å². The molecule has 0 fully saturated rings. The summed E-state index contributed by atoms with van der Waals surface area (Å²) in [5, 5.41) is 2.66. The molecule has 1 amide bonds. The fourth-order valence-corrected chi connectivity index (χ4v) is 5.46. The van der Waals surface area contributed by atoms with Crippen molar-refractivity contribution in [1.29, 1.82) is 0 Å². The summed E-state index contributed by atoms with van der Waals surface area (Å²) in [6.45, 7) is -0.427.